The average Bonchev–Trinajstić information content (AvgIpc) is 2.96. The molecule has 0 aromatic heterocycles. The van der Waals surface area contributed by atoms with Gasteiger partial charge in [0.05, 0.1) is 6.61 Å². The van der Waals surface area contributed by atoms with E-state index in [1.54, 1.807) is 6.92 Å². The first-order chi connectivity index (χ1) is 6.72. The van der Waals surface area contributed by atoms with Gasteiger partial charge in [0.2, 0.25) is 0 Å². The maximum Gasteiger partial charge on any atom is 0.305 e. The van der Waals surface area contributed by atoms with Gasteiger partial charge < -0.3 is 9.47 Å². The van der Waals surface area contributed by atoms with Crippen LogP contribution in [0.5, 0.6) is 0 Å². The Bertz CT molecular complexity index is 175. The minimum atomic E-state index is -0.125. The number of hydrogen-bond acceptors (Lipinski definition) is 3. The van der Waals surface area contributed by atoms with Gasteiger partial charge in [-0.1, -0.05) is 6.92 Å². The van der Waals surface area contributed by atoms with E-state index in [-0.39, 0.29) is 12.1 Å². The Kier molecular flexibility index (Phi) is 4.94. The topological polar surface area (TPSA) is 35.5 Å². The summed E-state index contributed by atoms with van der Waals surface area (Å²) in [4.78, 5) is 10.9. The van der Waals surface area contributed by atoms with Gasteiger partial charge in [-0.2, -0.15) is 0 Å². The van der Waals surface area contributed by atoms with Crippen LogP contribution in [0.2, 0.25) is 0 Å². The van der Waals surface area contributed by atoms with Crippen molar-refractivity contribution in [3.8, 4) is 0 Å². The van der Waals surface area contributed by atoms with Gasteiger partial charge in [0.15, 0.2) is 0 Å². The maximum absolute atomic E-state index is 10.9. The molecule has 0 N–H and O–H groups in total. The smallest absolute Gasteiger partial charge is 0.305 e. The fraction of sp³-hybridized carbons (Fsp3) is 0.909. The number of carbonyl (C=O) groups is 1. The van der Waals surface area contributed by atoms with Crippen molar-refractivity contribution in [2.75, 3.05) is 13.2 Å². The first kappa shape index (κ1) is 11.5. The monoisotopic (exact) mass is 200 g/mol. The van der Waals surface area contributed by atoms with E-state index in [0.29, 0.717) is 13.0 Å². The fourth-order valence-electron chi connectivity index (χ4n) is 1.15. The zero-order valence-corrected chi connectivity index (χ0v) is 9.12. The summed E-state index contributed by atoms with van der Waals surface area (Å²) in [6, 6.07) is 0. The number of hydrogen-bond donors (Lipinski definition) is 0. The summed E-state index contributed by atoms with van der Waals surface area (Å²) in [5.74, 6) is 0.684. The van der Waals surface area contributed by atoms with Gasteiger partial charge in [-0.3, -0.25) is 4.79 Å². The lowest BCUT2D eigenvalue weighted by atomic mass is 10.3. The van der Waals surface area contributed by atoms with Crippen LogP contribution < -0.4 is 0 Å². The second-order valence-electron chi connectivity index (χ2n) is 3.96. The molecule has 82 valence electrons. The minimum Gasteiger partial charge on any atom is -0.463 e. The molecule has 0 bridgehead atoms. The van der Waals surface area contributed by atoms with Crippen molar-refractivity contribution < 1.29 is 14.3 Å². The Balaban J connectivity index is 1.90. The standard InChI is InChI=1S/C11H20O3/c1-3-11(12)14-9(2)6-7-13-8-10-4-5-10/h9-10H,3-8H2,1-2H3/t9-/m0/s1. The third-order valence-corrected chi connectivity index (χ3v) is 2.34. The predicted molar refractivity (Wildman–Crippen MR) is 54.0 cm³/mol. The normalized spacial score (nSPS) is 17.9. The van der Waals surface area contributed by atoms with Crippen LogP contribution in [0.4, 0.5) is 0 Å². The third kappa shape index (κ3) is 5.22. The highest BCUT2D eigenvalue weighted by Crippen LogP contribution is 2.28. The molecular weight excluding hydrogens is 180 g/mol. The van der Waals surface area contributed by atoms with Crippen molar-refractivity contribution >= 4 is 5.97 Å². The second-order valence-corrected chi connectivity index (χ2v) is 3.96. The molecule has 0 aromatic rings. The lowest BCUT2D eigenvalue weighted by molar-refractivity contribution is -0.148. The minimum absolute atomic E-state index is 0.0124. The summed E-state index contributed by atoms with van der Waals surface area (Å²) in [5.41, 5.74) is 0. The van der Waals surface area contributed by atoms with Crippen molar-refractivity contribution in [3.05, 3.63) is 0 Å². The van der Waals surface area contributed by atoms with Crippen molar-refractivity contribution in [1.82, 2.24) is 0 Å². The molecule has 0 heterocycles. The first-order valence-electron chi connectivity index (χ1n) is 5.49. The van der Waals surface area contributed by atoms with Gasteiger partial charge in [-0.05, 0) is 25.7 Å². The van der Waals surface area contributed by atoms with Gasteiger partial charge in [0.25, 0.3) is 0 Å². The van der Waals surface area contributed by atoms with Crippen LogP contribution in [0.1, 0.15) is 39.5 Å². The van der Waals surface area contributed by atoms with Gasteiger partial charge in [-0.15, -0.1) is 0 Å². The van der Waals surface area contributed by atoms with Crippen LogP contribution in [0, 0.1) is 5.92 Å². The lowest BCUT2D eigenvalue weighted by Crippen LogP contribution is -2.16. The molecule has 14 heavy (non-hydrogen) atoms. The van der Waals surface area contributed by atoms with E-state index in [1.807, 2.05) is 6.92 Å². The van der Waals surface area contributed by atoms with Crippen LogP contribution in [0.25, 0.3) is 0 Å². The van der Waals surface area contributed by atoms with Crippen molar-refractivity contribution in [2.24, 2.45) is 5.92 Å². The van der Waals surface area contributed by atoms with Crippen molar-refractivity contribution in [1.29, 1.82) is 0 Å². The number of carbonyl (C=O) groups excluding carboxylic acids is 1. The number of rotatable bonds is 7. The number of ether oxygens (including phenoxy) is 2. The second kappa shape index (κ2) is 6.02. The average molecular weight is 200 g/mol. The quantitative estimate of drug-likeness (QED) is 0.466. The third-order valence-electron chi connectivity index (χ3n) is 2.34. The summed E-state index contributed by atoms with van der Waals surface area (Å²) in [5, 5.41) is 0. The summed E-state index contributed by atoms with van der Waals surface area (Å²) < 4.78 is 10.6. The molecule has 1 saturated carbocycles. The molecule has 1 atom stereocenters. The molecule has 0 amide bonds. The van der Waals surface area contributed by atoms with Crippen LogP contribution in [-0.4, -0.2) is 25.3 Å². The summed E-state index contributed by atoms with van der Waals surface area (Å²) in [6.07, 6.45) is 3.88. The molecule has 1 aliphatic carbocycles. The molecule has 3 nitrogen and oxygen atoms in total. The van der Waals surface area contributed by atoms with E-state index in [4.69, 9.17) is 9.47 Å². The Hall–Kier alpha value is -0.570. The summed E-state index contributed by atoms with van der Waals surface area (Å²) in [7, 11) is 0. The van der Waals surface area contributed by atoms with Crippen LogP contribution >= 0.6 is 0 Å². The molecule has 0 unspecified atom stereocenters. The first-order valence-corrected chi connectivity index (χ1v) is 5.49. The largest absolute Gasteiger partial charge is 0.463 e. The van der Waals surface area contributed by atoms with Crippen LogP contribution in [-0.2, 0) is 14.3 Å². The van der Waals surface area contributed by atoms with Crippen LogP contribution in [0.3, 0.4) is 0 Å². The van der Waals surface area contributed by atoms with Gasteiger partial charge >= 0.3 is 5.97 Å². The Morgan fingerprint density at radius 2 is 2.21 bits per heavy atom. The van der Waals surface area contributed by atoms with Crippen molar-refractivity contribution in [3.63, 3.8) is 0 Å². The molecule has 1 aliphatic rings. The SMILES string of the molecule is CCC(=O)O[C@@H](C)CCOCC1CC1. The molecular formula is C11H20O3. The molecule has 0 spiro atoms. The molecule has 1 rings (SSSR count). The highest BCUT2D eigenvalue weighted by Gasteiger charge is 2.21. The van der Waals surface area contributed by atoms with E-state index < -0.39 is 0 Å². The number of esters is 1. The Labute approximate surface area is 85.8 Å². The predicted octanol–water partition coefficient (Wildman–Crippen LogP) is 2.14. The highest BCUT2D eigenvalue weighted by molar-refractivity contribution is 5.69. The Morgan fingerprint density at radius 1 is 1.50 bits per heavy atom. The molecule has 0 radical (unpaired) electrons. The molecule has 0 aromatic carbocycles. The van der Waals surface area contributed by atoms with Crippen molar-refractivity contribution in [2.45, 2.75) is 45.6 Å². The Morgan fingerprint density at radius 3 is 2.79 bits per heavy atom. The van der Waals surface area contributed by atoms with Gasteiger partial charge in [0, 0.05) is 19.4 Å². The molecule has 0 saturated heterocycles. The van der Waals surface area contributed by atoms with E-state index in [9.17, 15) is 4.79 Å². The van der Waals surface area contributed by atoms with E-state index in [2.05, 4.69) is 0 Å². The molecule has 0 aliphatic heterocycles. The molecule has 3 heteroatoms. The fourth-order valence-corrected chi connectivity index (χ4v) is 1.15. The zero-order valence-electron chi connectivity index (χ0n) is 9.12. The van der Waals surface area contributed by atoms with Gasteiger partial charge in [-0.25, -0.2) is 0 Å². The van der Waals surface area contributed by atoms with E-state index >= 15 is 0 Å². The lowest BCUT2D eigenvalue weighted by Gasteiger charge is -2.12. The maximum atomic E-state index is 10.9. The zero-order chi connectivity index (χ0) is 10.4. The van der Waals surface area contributed by atoms with E-state index in [1.165, 1.54) is 12.8 Å². The summed E-state index contributed by atoms with van der Waals surface area (Å²) in [6.45, 7) is 5.30. The van der Waals surface area contributed by atoms with Crippen LogP contribution in [0.15, 0.2) is 0 Å². The highest BCUT2D eigenvalue weighted by atomic mass is 16.5. The van der Waals surface area contributed by atoms with E-state index in [0.717, 1.165) is 18.9 Å². The van der Waals surface area contributed by atoms with Gasteiger partial charge in [0.1, 0.15) is 6.10 Å². The molecule has 1 fully saturated rings. The summed E-state index contributed by atoms with van der Waals surface area (Å²) >= 11 is 0.